The van der Waals surface area contributed by atoms with Crippen molar-refractivity contribution in [3.8, 4) is 0 Å². The molecular weight excluding hydrogens is 410 g/mol. The van der Waals surface area contributed by atoms with Gasteiger partial charge in [-0.1, -0.05) is 0 Å². The molecule has 0 heterocycles. The third kappa shape index (κ3) is 4750. The monoisotopic (exact) mass is 424 g/mol. The van der Waals surface area contributed by atoms with Crippen molar-refractivity contribution in [1.82, 2.24) is 0 Å². The summed E-state index contributed by atoms with van der Waals surface area (Å²) in [6.45, 7) is 3.89. The van der Waals surface area contributed by atoms with Crippen LogP contribution in [0.2, 0.25) is 0 Å². The summed E-state index contributed by atoms with van der Waals surface area (Å²) < 4.78 is 8.88. The van der Waals surface area contributed by atoms with Gasteiger partial charge in [-0.2, -0.15) is 0 Å². The molecule has 0 rings (SSSR count). The first kappa shape index (κ1) is 37.3. The predicted molar refractivity (Wildman–Crippen MR) is 57.0 cm³/mol. The maximum atomic E-state index is 8.89. The number of carbonyl (C=O) groups is 4. The molecule has 0 spiro atoms. The minimum absolute atomic E-state index is 0. The second-order valence-electron chi connectivity index (χ2n) is 2.48. The van der Waals surface area contributed by atoms with E-state index in [-0.39, 0.29) is 26.2 Å². The van der Waals surface area contributed by atoms with Crippen LogP contribution in [-0.2, 0) is 49.9 Å². The summed E-state index contributed by atoms with van der Waals surface area (Å²) in [4.78, 5) is 57.1. The average molecular weight is 425 g/mol. The van der Waals surface area contributed by atoms with Crippen LogP contribution >= 0.6 is 7.82 Å². The van der Waals surface area contributed by atoms with Crippen molar-refractivity contribution in [2.24, 2.45) is 0 Å². The van der Waals surface area contributed by atoms with Gasteiger partial charge in [-0.15, -0.1) is 0 Å². The Kier molecular flexibility index (Phi) is 42.1. The molecule has 0 saturated carbocycles. The van der Waals surface area contributed by atoms with E-state index in [1.165, 1.54) is 0 Å². The standard InChI is InChI=1S/4C2H4O2.H3O4P.Zr/c4*1-2(3)4;1-5(2,3)4;/h4*1H3,(H,3,4);(H3,1,2,3,4);/q;;;;;+4/p-4. The van der Waals surface area contributed by atoms with Crippen LogP contribution in [0, 0.1) is 0 Å². The maximum absolute atomic E-state index is 8.89. The van der Waals surface area contributed by atoms with Crippen LogP contribution < -0.4 is 20.4 Å². The largest absolute Gasteiger partial charge is 4.00 e. The molecule has 0 fully saturated rings. The Balaban J connectivity index is -0.0000000361. The van der Waals surface area contributed by atoms with E-state index in [1.807, 2.05) is 0 Å². The second kappa shape index (κ2) is 24.9. The van der Waals surface area contributed by atoms with Crippen molar-refractivity contribution >= 4 is 31.7 Å². The Hall–Kier alpha value is -1.13. The molecule has 14 heteroatoms. The number of rotatable bonds is 0. The molecule has 12 nitrogen and oxygen atoms in total. The molecule has 0 aromatic rings. The minimum Gasteiger partial charge on any atom is -0.550 e. The first-order valence-electron chi connectivity index (χ1n) is 4.42. The molecule has 0 aliphatic carbocycles. The average Bonchev–Trinajstić information content (AvgIpc) is 1.91. The summed E-state index contributed by atoms with van der Waals surface area (Å²) in [6, 6.07) is 0. The second-order valence-corrected chi connectivity index (χ2v) is 3.51. The Labute approximate surface area is 144 Å². The fourth-order valence-corrected chi connectivity index (χ4v) is 0. The van der Waals surface area contributed by atoms with Gasteiger partial charge in [0, 0.05) is 23.9 Å². The predicted octanol–water partition coefficient (Wildman–Crippen LogP) is -5.91. The van der Waals surface area contributed by atoms with Crippen LogP contribution in [0.1, 0.15) is 27.7 Å². The van der Waals surface area contributed by atoms with Gasteiger partial charge in [-0.05, 0) is 27.7 Å². The first-order valence-corrected chi connectivity index (χ1v) is 5.98. The van der Waals surface area contributed by atoms with Gasteiger partial charge in [0.1, 0.15) is 0 Å². The van der Waals surface area contributed by atoms with Gasteiger partial charge in [0.05, 0.1) is 0 Å². The Morgan fingerprint density at radius 2 is 0.636 bits per heavy atom. The summed E-state index contributed by atoms with van der Waals surface area (Å²) in [7, 11) is -4.64. The van der Waals surface area contributed by atoms with Crippen molar-refractivity contribution in [3.05, 3.63) is 0 Å². The zero-order valence-corrected chi connectivity index (χ0v) is 15.3. The smallest absolute Gasteiger partial charge is 0.550 e. The van der Waals surface area contributed by atoms with Crippen molar-refractivity contribution in [3.63, 3.8) is 0 Å². The molecule has 22 heavy (non-hydrogen) atoms. The number of carboxylic acids is 4. The van der Waals surface area contributed by atoms with Gasteiger partial charge in [-0.25, -0.2) is 4.57 Å². The molecule has 128 valence electrons. The quantitative estimate of drug-likeness (QED) is 0.307. The van der Waals surface area contributed by atoms with E-state index in [2.05, 4.69) is 0 Å². The molecule has 0 aliphatic rings. The number of phosphoric acid groups is 1. The first-order chi connectivity index (χ1) is 8.93. The molecule has 0 aromatic carbocycles. The normalized spacial score (nSPS) is 7.23. The summed E-state index contributed by atoms with van der Waals surface area (Å²) in [5, 5.41) is 35.6. The molecule has 0 atom stereocenters. The zero-order valence-electron chi connectivity index (χ0n) is 12.0. The minimum atomic E-state index is -4.64. The van der Waals surface area contributed by atoms with Crippen molar-refractivity contribution in [1.29, 1.82) is 0 Å². The van der Waals surface area contributed by atoms with Crippen LogP contribution in [0.4, 0.5) is 0 Å². The zero-order chi connectivity index (χ0) is 18.8. The van der Waals surface area contributed by atoms with Crippen LogP contribution in [0.5, 0.6) is 0 Å². The number of carbonyl (C=O) groups excluding carboxylic acids is 4. The summed E-state index contributed by atoms with van der Waals surface area (Å²) in [5.74, 6) is -4.33. The molecule has 0 aromatic heterocycles. The Bertz CT molecular complexity index is 277. The van der Waals surface area contributed by atoms with Gasteiger partial charge in [0.2, 0.25) is 0 Å². The molecule has 0 unspecified atom stereocenters. The third-order valence-electron chi connectivity index (χ3n) is 0. The number of aliphatic carboxylic acids is 4. The van der Waals surface area contributed by atoms with E-state index in [4.69, 9.17) is 58.8 Å². The van der Waals surface area contributed by atoms with Crippen LogP contribution in [0.25, 0.3) is 0 Å². The van der Waals surface area contributed by atoms with Crippen molar-refractivity contribution in [2.45, 2.75) is 27.7 Å². The fraction of sp³-hybridized carbons (Fsp3) is 0.500. The molecule has 0 bridgehead atoms. The summed E-state index contributed by atoms with van der Waals surface area (Å²) in [5.41, 5.74) is 0. The topological polar surface area (TPSA) is 238 Å². The molecule has 0 saturated heterocycles. The molecular formula is C8H15O12PZr. The van der Waals surface area contributed by atoms with Gasteiger partial charge < -0.3 is 54.3 Å². The number of hydrogen-bond donors (Lipinski definition) is 3. The summed E-state index contributed by atoms with van der Waals surface area (Å²) >= 11 is 0. The van der Waals surface area contributed by atoms with Crippen LogP contribution in [0.3, 0.4) is 0 Å². The molecule has 3 N–H and O–H groups in total. The van der Waals surface area contributed by atoms with Gasteiger partial charge in [-0.3, -0.25) is 0 Å². The van der Waals surface area contributed by atoms with Crippen molar-refractivity contribution < 1.29 is 85.1 Å². The van der Waals surface area contributed by atoms with E-state index in [9.17, 15) is 0 Å². The van der Waals surface area contributed by atoms with Crippen LogP contribution in [-0.4, -0.2) is 38.6 Å². The molecule has 0 amide bonds. The van der Waals surface area contributed by atoms with Gasteiger partial charge in [0.25, 0.3) is 0 Å². The van der Waals surface area contributed by atoms with E-state index in [1.54, 1.807) is 0 Å². The van der Waals surface area contributed by atoms with E-state index in [0.29, 0.717) is 0 Å². The maximum Gasteiger partial charge on any atom is 4.00 e. The van der Waals surface area contributed by atoms with Gasteiger partial charge >= 0.3 is 34.0 Å². The summed E-state index contributed by atoms with van der Waals surface area (Å²) in [6.07, 6.45) is 0. The van der Waals surface area contributed by atoms with Gasteiger partial charge in [0.15, 0.2) is 0 Å². The number of carboxylic acid groups (broad SMARTS) is 4. The molecule has 0 aliphatic heterocycles. The van der Waals surface area contributed by atoms with E-state index in [0.717, 1.165) is 27.7 Å². The Morgan fingerprint density at radius 3 is 0.636 bits per heavy atom. The Morgan fingerprint density at radius 1 is 0.636 bits per heavy atom. The van der Waals surface area contributed by atoms with E-state index >= 15 is 0 Å². The number of hydrogen-bond acceptors (Lipinski definition) is 9. The van der Waals surface area contributed by atoms with Crippen LogP contribution in [0.15, 0.2) is 0 Å². The molecule has 0 radical (unpaired) electrons. The third-order valence-corrected chi connectivity index (χ3v) is 0. The van der Waals surface area contributed by atoms with E-state index < -0.39 is 31.7 Å². The fourth-order valence-electron chi connectivity index (χ4n) is 0. The van der Waals surface area contributed by atoms with Crippen molar-refractivity contribution in [2.75, 3.05) is 0 Å². The SMILES string of the molecule is CC(=O)[O-].CC(=O)[O-].CC(=O)[O-].CC(=O)[O-].O=P(O)(O)O.[Zr+4].